The Morgan fingerprint density at radius 2 is 1.52 bits per heavy atom. The Hall–Kier alpha value is -1.06. The van der Waals surface area contributed by atoms with E-state index in [1.54, 1.807) is 0 Å². The van der Waals surface area contributed by atoms with E-state index in [0.29, 0.717) is 5.92 Å². The maximum absolute atomic E-state index is 12.9. The summed E-state index contributed by atoms with van der Waals surface area (Å²) in [6.45, 7) is 3.68. The van der Waals surface area contributed by atoms with Crippen LogP contribution in [0.25, 0.3) is 0 Å². The van der Waals surface area contributed by atoms with Gasteiger partial charge in [0, 0.05) is 6.04 Å². The Bertz CT molecular complexity index is 421. The van der Waals surface area contributed by atoms with Gasteiger partial charge in [0.15, 0.2) is 0 Å². The van der Waals surface area contributed by atoms with Crippen molar-refractivity contribution in [2.75, 3.05) is 0 Å². The SMILES string of the molecule is CC1(C)NC(=O)C(C2CCCCC2)N(C2CCCC2)C1=O. The van der Waals surface area contributed by atoms with Crippen molar-refractivity contribution in [2.45, 2.75) is 89.3 Å². The molecule has 1 N–H and O–H groups in total. The van der Waals surface area contributed by atoms with Gasteiger partial charge in [0.05, 0.1) is 0 Å². The minimum atomic E-state index is -0.745. The smallest absolute Gasteiger partial charge is 0.248 e. The highest BCUT2D eigenvalue weighted by Crippen LogP contribution is 2.36. The van der Waals surface area contributed by atoms with Crippen LogP contribution in [0.1, 0.15) is 71.6 Å². The molecule has 0 spiro atoms. The molecule has 2 aliphatic carbocycles. The molecular formula is C17H28N2O2. The summed E-state index contributed by atoms with van der Waals surface area (Å²) in [4.78, 5) is 27.7. The number of hydrogen-bond acceptors (Lipinski definition) is 2. The minimum Gasteiger partial charge on any atom is -0.340 e. The molecule has 3 fully saturated rings. The van der Waals surface area contributed by atoms with E-state index in [1.807, 2.05) is 18.7 Å². The molecule has 0 aromatic heterocycles. The number of nitrogens with one attached hydrogen (secondary N) is 1. The summed E-state index contributed by atoms with van der Waals surface area (Å²) in [5.74, 6) is 0.572. The Balaban J connectivity index is 1.89. The van der Waals surface area contributed by atoms with E-state index >= 15 is 0 Å². The molecule has 1 heterocycles. The van der Waals surface area contributed by atoms with Gasteiger partial charge in [-0.2, -0.15) is 0 Å². The number of rotatable bonds is 2. The van der Waals surface area contributed by atoms with E-state index in [4.69, 9.17) is 0 Å². The van der Waals surface area contributed by atoms with Gasteiger partial charge < -0.3 is 10.2 Å². The van der Waals surface area contributed by atoms with Gasteiger partial charge in [-0.3, -0.25) is 9.59 Å². The first kappa shape index (κ1) is 14.9. The highest BCUT2D eigenvalue weighted by atomic mass is 16.2. The molecule has 0 aromatic carbocycles. The molecule has 3 rings (SSSR count). The van der Waals surface area contributed by atoms with Gasteiger partial charge in [0.1, 0.15) is 11.6 Å². The van der Waals surface area contributed by atoms with Gasteiger partial charge in [-0.15, -0.1) is 0 Å². The summed E-state index contributed by atoms with van der Waals surface area (Å²) in [6, 6.07) is 0.0728. The summed E-state index contributed by atoms with van der Waals surface area (Å²) in [5.41, 5.74) is -0.745. The Morgan fingerprint density at radius 1 is 0.952 bits per heavy atom. The third kappa shape index (κ3) is 2.69. The van der Waals surface area contributed by atoms with E-state index in [1.165, 1.54) is 32.1 Å². The zero-order valence-electron chi connectivity index (χ0n) is 13.4. The van der Waals surface area contributed by atoms with Gasteiger partial charge in [-0.05, 0) is 45.4 Å². The molecule has 1 saturated heterocycles. The van der Waals surface area contributed by atoms with Crippen LogP contribution in [0.5, 0.6) is 0 Å². The zero-order chi connectivity index (χ0) is 15.0. The number of hydrogen-bond donors (Lipinski definition) is 1. The van der Waals surface area contributed by atoms with Crippen molar-refractivity contribution in [1.29, 1.82) is 0 Å². The quantitative estimate of drug-likeness (QED) is 0.850. The highest BCUT2D eigenvalue weighted by molar-refractivity contribution is 5.99. The van der Waals surface area contributed by atoms with E-state index in [9.17, 15) is 9.59 Å². The first-order valence-electron chi connectivity index (χ1n) is 8.65. The van der Waals surface area contributed by atoms with Crippen LogP contribution in [-0.4, -0.2) is 34.3 Å². The summed E-state index contributed by atoms with van der Waals surface area (Å²) in [5, 5.41) is 2.98. The average Bonchev–Trinajstić information content (AvgIpc) is 2.96. The predicted molar refractivity (Wildman–Crippen MR) is 81.7 cm³/mol. The molecule has 0 radical (unpaired) electrons. The standard InChI is InChI=1S/C17H28N2O2/c1-17(2)16(21)19(13-10-6-7-11-13)14(15(20)18-17)12-8-4-3-5-9-12/h12-14H,3-11H2,1-2H3,(H,18,20). The third-order valence-electron chi connectivity index (χ3n) is 5.59. The first-order valence-corrected chi connectivity index (χ1v) is 8.65. The summed E-state index contributed by atoms with van der Waals surface area (Å²) >= 11 is 0. The summed E-state index contributed by atoms with van der Waals surface area (Å²) in [6.07, 6.45) is 10.4. The molecule has 1 aliphatic heterocycles. The van der Waals surface area contributed by atoms with Crippen LogP contribution in [0.3, 0.4) is 0 Å². The monoisotopic (exact) mass is 292 g/mol. The molecule has 118 valence electrons. The van der Waals surface area contributed by atoms with Crippen LogP contribution in [0.4, 0.5) is 0 Å². The second-order valence-corrected chi connectivity index (χ2v) is 7.61. The average molecular weight is 292 g/mol. The van der Waals surface area contributed by atoms with Crippen molar-refractivity contribution >= 4 is 11.8 Å². The van der Waals surface area contributed by atoms with Gasteiger partial charge in [-0.25, -0.2) is 0 Å². The fourth-order valence-electron chi connectivity index (χ4n) is 4.48. The van der Waals surface area contributed by atoms with Crippen molar-refractivity contribution < 1.29 is 9.59 Å². The Morgan fingerprint density at radius 3 is 2.14 bits per heavy atom. The van der Waals surface area contributed by atoms with Gasteiger partial charge >= 0.3 is 0 Å². The molecule has 2 saturated carbocycles. The molecule has 21 heavy (non-hydrogen) atoms. The lowest BCUT2D eigenvalue weighted by Crippen LogP contribution is -2.71. The van der Waals surface area contributed by atoms with Crippen LogP contribution >= 0.6 is 0 Å². The topological polar surface area (TPSA) is 49.4 Å². The summed E-state index contributed by atoms with van der Waals surface area (Å²) < 4.78 is 0. The molecule has 3 aliphatic rings. The van der Waals surface area contributed by atoms with Crippen LogP contribution in [0.15, 0.2) is 0 Å². The Labute approximate surface area is 127 Å². The normalized spacial score (nSPS) is 31.5. The lowest BCUT2D eigenvalue weighted by molar-refractivity contribution is -0.159. The number of carbonyl (C=O) groups excluding carboxylic acids is 2. The third-order valence-corrected chi connectivity index (χ3v) is 5.59. The predicted octanol–water partition coefficient (Wildman–Crippen LogP) is 2.61. The van der Waals surface area contributed by atoms with Crippen LogP contribution in [0, 0.1) is 5.92 Å². The molecule has 0 aromatic rings. The zero-order valence-corrected chi connectivity index (χ0v) is 13.4. The number of piperazine rings is 1. The molecule has 1 unspecified atom stereocenters. The fraction of sp³-hybridized carbons (Fsp3) is 0.882. The molecule has 4 heteroatoms. The lowest BCUT2D eigenvalue weighted by atomic mass is 9.79. The highest BCUT2D eigenvalue weighted by Gasteiger charge is 2.50. The van der Waals surface area contributed by atoms with Crippen molar-refractivity contribution in [3.8, 4) is 0 Å². The van der Waals surface area contributed by atoms with E-state index < -0.39 is 5.54 Å². The van der Waals surface area contributed by atoms with Gasteiger partial charge in [0.25, 0.3) is 0 Å². The van der Waals surface area contributed by atoms with Crippen LogP contribution in [0.2, 0.25) is 0 Å². The maximum atomic E-state index is 12.9. The van der Waals surface area contributed by atoms with E-state index in [2.05, 4.69) is 5.32 Å². The fourth-order valence-corrected chi connectivity index (χ4v) is 4.48. The van der Waals surface area contributed by atoms with Gasteiger partial charge in [-0.1, -0.05) is 32.1 Å². The van der Waals surface area contributed by atoms with Crippen LogP contribution < -0.4 is 5.32 Å². The minimum absolute atomic E-state index is 0.0819. The lowest BCUT2D eigenvalue weighted by Gasteiger charge is -2.48. The number of carbonyl (C=O) groups is 2. The molecule has 2 amide bonds. The Kier molecular flexibility index (Phi) is 3.98. The van der Waals surface area contributed by atoms with Crippen molar-refractivity contribution in [3.63, 3.8) is 0 Å². The maximum Gasteiger partial charge on any atom is 0.248 e. The first-order chi connectivity index (χ1) is 10.0. The second-order valence-electron chi connectivity index (χ2n) is 7.61. The second kappa shape index (κ2) is 5.62. The largest absolute Gasteiger partial charge is 0.340 e. The van der Waals surface area contributed by atoms with Gasteiger partial charge in [0.2, 0.25) is 11.8 Å². The molecule has 4 nitrogen and oxygen atoms in total. The molecular weight excluding hydrogens is 264 g/mol. The van der Waals surface area contributed by atoms with Crippen molar-refractivity contribution in [1.82, 2.24) is 10.2 Å². The molecule has 0 bridgehead atoms. The molecule has 1 atom stereocenters. The van der Waals surface area contributed by atoms with E-state index in [0.717, 1.165) is 25.7 Å². The van der Waals surface area contributed by atoms with Crippen LogP contribution in [-0.2, 0) is 9.59 Å². The van der Waals surface area contributed by atoms with Crippen molar-refractivity contribution in [2.24, 2.45) is 5.92 Å². The van der Waals surface area contributed by atoms with E-state index in [-0.39, 0.29) is 23.9 Å². The number of amides is 2. The van der Waals surface area contributed by atoms with Crippen molar-refractivity contribution in [3.05, 3.63) is 0 Å². The summed E-state index contributed by atoms with van der Waals surface area (Å²) in [7, 11) is 0. The number of nitrogens with zero attached hydrogens (tertiary/aromatic N) is 1.